The Hall–Kier alpha value is -0.957. The van der Waals surface area contributed by atoms with Crippen LogP contribution >= 0.6 is 0 Å². The van der Waals surface area contributed by atoms with Crippen LogP contribution in [0, 0.1) is 0 Å². The van der Waals surface area contributed by atoms with Gasteiger partial charge in [-0.3, -0.25) is 0 Å². The number of hydrogen-bond acceptors (Lipinski definition) is 4. The van der Waals surface area contributed by atoms with Crippen molar-refractivity contribution in [1.82, 2.24) is 0 Å². The Morgan fingerprint density at radius 1 is 0.714 bits per heavy atom. The van der Waals surface area contributed by atoms with Crippen molar-refractivity contribution in [3.8, 4) is 0 Å². The average molecular weight is 344 g/mol. The normalized spacial score (nSPS) is 18.5. The first-order chi connectivity index (χ1) is 9.61. The Balaban J connectivity index is 0.000000364. The van der Waals surface area contributed by atoms with Gasteiger partial charge in [0.1, 0.15) is 0 Å². The van der Waals surface area contributed by atoms with Gasteiger partial charge in [0.05, 0.1) is 11.9 Å². The molecule has 0 N–H and O–H groups in total. The summed E-state index contributed by atoms with van der Waals surface area (Å²) in [5.41, 5.74) is 0.995. The number of rotatable bonds is 2. The van der Waals surface area contributed by atoms with Crippen molar-refractivity contribution in [3.63, 3.8) is 0 Å². The zero-order valence-electron chi connectivity index (χ0n) is 12.6. The first-order valence-corrected chi connectivity index (χ1v) is 7.42. The first-order valence-electron chi connectivity index (χ1n) is 7.42. The molecule has 2 rings (SSSR count). The van der Waals surface area contributed by atoms with E-state index >= 15 is 0 Å². The van der Waals surface area contributed by atoms with Gasteiger partial charge in [-0.2, -0.15) is 0 Å². The van der Waals surface area contributed by atoms with Gasteiger partial charge in [-0.1, -0.05) is 25.0 Å². The molecule has 21 heavy (non-hydrogen) atoms. The molecule has 0 saturated carbocycles. The maximum absolute atomic E-state index is 10.3. The molecule has 0 amide bonds. The largest absolute Gasteiger partial charge is 2.00 e. The third kappa shape index (κ3) is 8.82. The van der Waals surface area contributed by atoms with Gasteiger partial charge in [-0.15, -0.1) is 0 Å². The maximum atomic E-state index is 10.3. The molecular formula is C16H22O4Zn. The number of carbonyl (C=O) groups excluding carboxylic acids is 2. The third-order valence-corrected chi connectivity index (χ3v) is 3.61. The third-order valence-electron chi connectivity index (χ3n) is 3.61. The molecule has 0 aromatic carbocycles. The predicted molar refractivity (Wildman–Crippen MR) is 72.4 cm³/mol. The molecule has 2 aliphatic rings. The summed E-state index contributed by atoms with van der Waals surface area (Å²) in [5.74, 6) is -1.97. The molecule has 4 nitrogen and oxygen atoms in total. The van der Waals surface area contributed by atoms with Crippen molar-refractivity contribution < 1.29 is 39.3 Å². The Bertz CT molecular complexity index is 361. The first kappa shape index (κ1) is 20.0. The fourth-order valence-corrected chi connectivity index (χ4v) is 2.40. The van der Waals surface area contributed by atoms with E-state index in [-0.39, 0.29) is 19.5 Å². The van der Waals surface area contributed by atoms with Crippen LogP contribution in [0.4, 0.5) is 0 Å². The number of allylic oxidation sites excluding steroid dienone is 2. The number of carbonyl (C=O) groups is 2. The predicted octanol–water partition coefficient (Wildman–Crippen LogP) is 1.25. The molecule has 0 radical (unpaired) electrons. The summed E-state index contributed by atoms with van der Waals surface area (Å²) in [6, 6.07) is 0. The van der Waals surface area contributed by atoms with Crippen LogP contribution in [0.15, 0.2) is 23.3 Å². The van der Waals surface area contributed by atoms with Crippen molar-refractivity contribution in [2.75, 3.05) is 0 Å². The molecule has 0 aliphatic heterocycles. The molecule has 0 bridgehead atoms. The van der Waals surface area contributed by atoms with Gasteiger partial charge in [-0.05, 0) is 62.5 Å². The molecule has 0 fully saturated rings. The summed E-state index contributed by atoms with van der Waals surface area (Å²) in [5, 5.41) is 20.7. The number of carboxylic acids is 2. The molecule has 0 unspecified atom stereocenters. The van der Waals surface area contributed by atoms with Crippen LogP contribution in [0.25, 0.3) is 0 Å². The standard InChI is InChI=1S/2C8H12O2.Zn/c2*9-8(10)7-5-3-1-2-4-6-7;/h2*5H,1-4,6H2,(H,9,10);/q;;+2/p-2. The van der Waals surface area contributed by atoms with Crippen molar-refractivity contribution >= 4 is 11.9 Å². The Morgan fingerprint density at radius 2 is 1.10 bits per heavy atom. The summed E-state index contributed by atoms with van der Waals surface area (Å²) in [4.78, 5) is 20.7. The van der Waals surface area contributed by atoms with Crippen LogP contribution in [0.1, 0.15) is 64.2 Å². The van der Waals surface area contributed by atoms with Crippen LogP contribution in [-0.4, -0.2) is 11.9 Å². The smallest absolute Gasteiger partial charge is 0.545 e. The molecule has 0 aromatic rings. The number of carboxylic acid groups (broad SMARTS) is 2. The minimum atomic E-state index is -0.984. The fourth-order valence-electron chi connectivity index (χ4n) is 2.40. The Kier molecular flexibility index (Phi) is 11.1. The second-order valence-corrected chi connectivity index (χ2v) is 5.23. The monoisotopic (exact) mass is 342 g/mol. The van der Waals surface area contributed by atoms with E-state index in [1.165, 1.54) is 0 Å². The summed E-state index contributed by atoms with van der Waals surface area (Å²) in [6.07, 6.45) is 13.3. The molecule has 0 heterocycles. The summed E-state index contributed by atoms with van der Waals surface area (Å²) in [6.45, 7) is 0. The molecule has 112 valence electrons. The van der Waals surface area contributed by atoms with E-state index in [4.69, 9.17) is 0 Å². The van der Waals surface area contributed by atoms with Crippen molar-refractivity contribution in [1.29, 1.82) is 0 Å². The van der Waals surface area contributed by atoms with Gasteiger partial charge in [0.25, 0.3) is 0 Å². The van der Waals surface area contributed by atoms with Gasteiger partial charge >= 0.3 is 19.5 Å². The van der Waals surface area contributed by atoms with E-state index in [2.05, 4.69) is 0 Å². The number of hydrogen-bond donors (Lipinski definition) is 0. The minimum Gasteiger partial charge on any atom is -0.545 e. The van der Waals surface area contributed by atoms with Gasteiger partial charge in [-0.25, -0.2) is 0 Å². The van der Waals surface area contributed by atoms with Crippen LogP contribution in [0.2, 0.25) is 0 Å². The van der Waals surface area contributed by atoms with Gasteiger partial charge in [0.15, 0.2) is 0 Å². The minimum absolute atomic E-state index is 0. The van der Waals surface area contributed by atoms with Crippen LogP contribution < -0.4 is 10.2 Å². The molecule has 2 aliphatic carbocycles. The molecule has 0 atom stereocenters. The molecule has 0 aromatic heterocycles. The maximum Gasteiger partial charge on any atom is 2.00 e. The number of aliphatic carboxylic acids is 2. The van der Waals surface area contributed by atoms with E-state index in [1.807, 2.05) is 0 Å². The molecule has 0 spiro atoms. The van der Waals surface area contributed by atoms with E-state index in [9.17, 15) is 19.8 Å². The second-order valence-electron chi connectivity index (χ2n) is 5.23. The quantitative estimate of drug-likeness (QED) is 0.707. The topological polar surface area (TPSA) is 80.3 Å². The summed E-state index contributed by atoms with van der Waals surface area (Å²) in [7, 11) is 0. The molecular weight excluding hydrogens is 322 g/mol. The van der Waals surface area contributed by atoms with Crippen LogP contribution in [-0.2, 0) is 29.1 Å². The van der Waals surface area contributed by atoms with E-state index in [0.29, 0.717) is 24.0 Å². The van der Waals surface area contributed by atoms with Crippen molar-refractivity contribution in [3.05, 3.63) is 23.3 Å². The van der Waals surface area contributed by atoms with Crippen molar-refractivity contribution in [2.24, 2.45) is 0 Å². The Labute approximate surface area is 139 Å². The Morgan fingerprint density at radius 3 is 1.43 bits per heavy atom. The van der Waals surface area contributed by atoms with Crippen molar-refractivity contribution in [2.45, 2.75) is 64.2 Å². The fraction of sp³-hybridized carbons (Fsp3) is 0.625. The molecule has 5 heteroatoms. The zero-order valence-corrected chi connectivity index (χ0v) is 15.5. The van der Waals surface area contributed by atoms with E-state index in [1.54, 1.807) is 12.2 Å². The SMILES string of the molecule is O=C([O-])C1=CCCCCC1.O=C([O-])C1=CCCCCC1.[Zn+2]. The van der Waals surface area contributed by atoms with Crippen LogP contribution in [0.5, 0.6) is 0 Å². The summed E-state index contributed by atoms with van der Waals surface area (Å²) >= 11 is 0. The zero-order chi connectivity index (χ0) is 14.8. The van der Waals surface area contributed by atoms with Gasteiger partial charge in [0.2, 0.25) is 0 Å². The van der Waals surface area contributed by atoms with Gasteiger partial charge in [0, 0.05) is 0 Å². The van der Waals surface area contributed by atoms with E-state index < -0.39 is 11.9 Å². The molecule has 0 saturated heterocycles. The second kappa shape index (κ2) is 11.7. The van der Waals surface area contributed by atoms with E-state index in [0.717, 1.165) is 51.4 Å². The average Bonchev–Trinajstić information content (AvgIpc) is 2.84. The summed E-state index contributed by atoms with van der Waals surface area (Å²) < 4.78 is 0. The van der Waals surface area contributed by atoms with Crippen LogP contribution in [0.3, 0.4) is 0 Å². The van der Waals surface area contributed by atoms with Gasteiger partial charge < -0.3 is 19.8 Å².